The number of aliphatic hydroxyl groups is 1. The van der Waals surface area contributed by atoms with Crippen LogP contribution < -0.4 is 0 Å². The molecular weight excluding hydrogens is 274 g/mol. The third kappa shape index (κ3) is 2.12. The highest BCUT2D eigenvalue weighted by Gasteiger charge is 2.11. The van der Waals surface area contributed by atoms with Crippen LogP contribution in [0.2, 0.25) is 0 Å². The maximum Gasteiger partial charge on any atom is 0.0898 e. The topological polar surface area (TPSA) is 33.1 Å². The van der Waals surface area contributed by atoms with Gasteiger partial charge in [0.05, 0.1) is 12.3 Å². The van der Waals surface area contributed by atoms with E-state index >= 15 is 0 Å². The molecule has 1 aromatic carbocycles. The Hall–Kier alpha value is -0.710. The zero-order chi connectivity index (χ0) is 10.8. The zero-order valence-electron chi connectivity index (χ0n) is 8.20. The molecule has 2 rings (SSSR count). The smallest absolute Gasteiger partial charge is 0.0898 e. The van der Waals surface area contributed by atoms with Gasteiger partial charge in [0.1, 0.15) is 0 Å². The van der Waals surface area contributed by atoms with Gasteiger partial charge in [-0.1, -0.05) is 28.1 Å². The number of rotatable bonds is 2. The van der Waals surface area contributed by atoms with Gasteiger partial charge in [0.15, 0.2) is 0 Å². The first-order valence-corrected chi connectivity index (χ1v) is 6.11. The fraction of sp³-hybridized carbons (Fsp3) is 0.182. The molecule has 0 aliphatic carbocycles. The van der Waals surface area contributed by atoms with Gasteiger partial charge in [-0.15, -0.1) is 0 Å². The van der Waals surface area contributed by atoms with Crippen LogP contribution in [0.1, 0.15) is 10.4 Å². The highest BCUT2D eigenvalue weighted by Crippen LogP contribution is 2.28. The summed E-state index contributed by atoms with van der Waals surface area (Å²) in [7, 11) is 0. The zero-order valence-corrected chi connectivity index (χ0v) is 10.6. The molecule has 2 aromatic rings. The molecule has 0 aliphatic rings. The molecule has 0 atom stereocenters. The average Bonchev–Trinajstić information content (AvgIpc) is 2.61. The van der Waals surface area contributed by atoms with Crippen molar-refractivity contribution in [2.24, 2.45) is 0 Å². The Morgan fingerprint density at radius 1 is 1.33 bits per heavy atom. The van der Waals surface area contributed by atoms with Crippen molar-refractivity contribution < 1.29 is 5.11 Å². The van der Waals surface area contributed by atoms with Gasteiger partial charge in [-0.3, -0.25) is 0 Å². The van der Waals surface area contributed by atoms with Crippen LogP contribution in [0.25, 0.3) is 11.3 Å². The van der Waals surface area contributed by atoms with Crippen molar-refractivity contribution in [2.45, 2.75) is 13.5 Å². The Balaban J connectivity index is 2.49. The Bertz CT molecular complexity index is 464. The van der Waals surface area contributed by atoms with E-state index in [0.29, 0.717) is 0 Å². The van der Waals surface area contributed by atoms with Crippen molar-refractivity contribution in [3.8, 4) is 11.3 Å². The number of aryl methyl sites for hydroxylation is 1. The molecule has 0 bridgehead atoms. The fourth-order valence-electron chi connectivity index (χ4n) is 1.41. The lowest BCUT2D eigenvalue weighted by Crippen LogP contribution is -1.87. The van der Waals surface area contributed by atoms with Crippen LogP contribution >= 0.6 is 27.5 Å². The maximum absolute atomic E-state index is 9.26. The van der Waals surface area contributed by atoms with E-state index in [1.807, 2.05) is 31.2 Å². The number of aliphatic hydroxyl groups excluding tert-OH is 1. The van der Waals surface area contributed by atoms with Gasteiger partial charge in [0.25, 0.3) is 0 Å². The minimum Gasteiger partial charge on any atom is -0.392 e. The van der Waals surface area contributed by atoms with Crippen molar-refractivity contribution in [2.75, 3.05) is 0 Å². The first kappa shape index (κ1) is 10.8. The van der Waals surface area contributed by atoms with Gasteiger partial charge in [0.2, 0.25) is 0 Å². The van der Waals surface area contributed by atoms with Gasteiger partial charge < -0.3 is 5.11 Å². The quantitative estimate of drug-likeness (QED) is 0.917. The molecule has 1 N–H and O–H groups in total. The Morgan fingerprint density at radius 2 is 2.00 bits per heavy atom. The van der Waals surface area contributed by atoms with Crippen LogP contribution in [-0.2, 0) is 6.61 Å². The molecule has 0 spiro atoms. The minimum absolute atomic E-state index is 0.0493. The summed E-state index contributed by atoms with van der Waals surface area (Å²) in [5.41, 5.74) is 2.88. The van der Waals surface area contributed by atoms with E-state index in [1.54, 1.807) is 0 Å². The van der Waals surface area contributed by atoms with Crippen LogP contribution in [-0.4, -0.2) is 9.48 Å². The third-order valence-corrected chi connectivity index (χ3v) is 3.58. The van der Waals surface area contributed by atoms with E-state index < -0.39 is 0 Å². The molecule has 0 fully saturated rings. The van der Waals surface area contributed by atoms with Crippen molar-refractivity contribution in [1.82, 2.24) is 4.37 Å². The molecule has 1 heterocycles. The predicted molar refractivity (Wildman–Crippen MR) is 65.9 cm³/mol. The fourth-order valence-corrected chi connectivity index (χ4v) is 2.39. The van der Waals surface area contributed by atoms with Crippen LogP contribution in [0.4, 0.5) is 0 Å². The summed E-state index contributed by atoms with van der Waals surface area (Å²) in [4.78, 5) is 1.08. The molecule has 0 saturated carbocycles. The highest BCUT2D eigenvalue weighted by atomic mass is 79.9. The molecule has 2 nitrogen and oxygen atoms in total. The van der Waals surface area contributed by atoms with Gasteiger partial charge >= 0.3 is 0 Å². The largest absolute Gasteiger partial charge is 0.392 e. The molecular formula is C11H10BrNOS. The van der Waals surface area contributed by atoms with E-state index in [2.05, 4.69) is 20.3 Å². The van der Waals surface area contributed by atoms with E-state index in [9.17, 15) is 5.11 Å². The second kappa shape index (κ2) is 4.43. The number of benzene rings is 1. The SMILES string of the molecule is Cc1snc(-c2ccc(Br)cc2)c1CO. The number of hydrogen-bond acceptors (Lipinski definition) is 3. The molecule has 0 amide bonds. The maximum atomic E-state index is 9.26. The summed E-state index contributed by atoms with van der Waals surface area (Å²) in [6.45, 7) is 2.03. The Kier molecular flexibility index (Phi) is 3.19. The van der Waals surface area contributed by atoms with Gasteiger partial charge in [0, 0.05) is 20.5 Å². The molecule has 15 heavy (non-hydrogen) atoms. The number of aromatic nitrogens is 1. The first-order chi connectivity index (χ1) is 7.22. The van der Waals surface area contributed by atoms with Crippen molar-refractivity contribution in [1.29, 1.82) is 0 Å². The molecule has 0 saturated heterocycles. The lowest BCUT2D eigenvalue weighted by atomic mass is 10.1. The van der Waals surface area contributed by atoms with Gasteiger partial charge in [-0.05, 0) is 30.6 Å². The Labute approximate surface area is 101 Å². The van der Waals surface area contributed by atoms with Crippen molar-refractivity contribution >= 4 is 27.5 Å². The monoisotopic (exact) mass is 283 g/mol. The van der Waals surface area contributed by atoms with Crippen molar-refractivity contribution in [3.05, 3.63) is 39.2 Å². The lowest BCUT2D eigenvalue weighted by Gasteiger charge is -2.00. The number of hydrogen-bond donors (Lipinski definition) is 1. The molecule has 0 radical (unpaired) electrons. The molecule has 78 valence electrons. The number of nitrogens with zero attached hydrogens (tertiary/aromatic N) is 1. The van der Waals surface area contributed by atoms with Gasteiger partial charge in [-0.25, -0.2) is 0 Å². The third-order valence-electron chi connectivity index (χ3n) is 2.26. The van der Waals surface area contributed by atoms with Crippen LogP contribution in [0.3, 0.4) is 0 Å². The second-order valence-electron chi connectivity index (χ2n) is 3.23. The molecule has 1 aromatic heterocycles. The van der Waals surface area contributed by atoms with E-state index in [-0.39, 0.29) is 6.61 Å². The highest BCUT2D eigenvalue weighted by molar-refractivity contribution is 9.10. The summed E-state index contributed by atoms with van der Waals surface area (Å²) < 4.78 is 5.40. The van der Waals surface area contributed by atoms with Crippen LogP contribution in [0.15, 0.2) is 28.7 Å². The summed E-state index contributed by atoms with van der Waals surface area (Å²) in [6.07, 6.45) is 0. The lowest BCUT2D eigenvalue weighted by molar-refractivity contribution is 0.282. The molecule has 0 aliphatic heterocycles. The summed E-state index contributed by atoms with van der Waals surface area (Å²) in [6, 6.07) is 7.95. The summed E-state index contributed by atoms with van der Waals surface area (Å²) in [5, 5.41) is 9.26. The predicted octanol–water partition coefficient (Wildman–Crippen LogP) is 3.37. The van der Waals surface area contributed by atoms with E-state index in [0.717, 1.165) is 26.2 Å². The first-order valence-electron chi connectivity index (χ1n) is 4.54. The number of halogens is 1. The summed E-state index contributed by atoms with van der Waals surface area (Å²) in [5.74, 6) is 0. The standard InChI is InChI=1S/C11H10BrNOS/c1-7-10(6-14)11(13-15-7)8-2-4-9(12)5-3-8/h2-5,14H,6H2,1H3. The van der Waals surface area contributed by atoms with Crippen LogP contribution in [0.5, 0.6) is 0 Å². The summed E-state index contributed by atoms with van der Waals surface area (Å²) >= 11 is 4.82. The average molecular weight is 284 g/mol. The van der Waals surface area contributed by atoms with Crippen LogP contribution in [0, 0.1) is 6.92 Å². The minimum atomic E-state index is 0.0493. The normalized spacial score (nSPS) is 10.6. The molecule has 0 unspecified atom stereocenters. The van der Waals surface area contributed by atoms with E-state index in [1.165, 1.54) is 11.5 Å². The Morgan fingerprint density at radius 3 is 2.60 bits per heavy atom. The van der Waals surface area contributed by atoms with E-state index in [4.69, 9.17) is 0 Å². The van der Waals surface area contributed by atoms with Crippen molar-refractivity contribution in [3.63, 3.8) is 0 Å². The van der Waals surface area contributed by atoms with Gasteiger partial charge in [-0.2, -0.15) is 4.37 Å². The second-order valence-corrected chi connectivity index (χ2v) is 5.12. The molecule has 4 heteroatoms.